The van der Waals surface area contributed by atoms with Gasteiger partial charge in [0.1, 0.15) is 5.69 Å². The molecule has 0 saturated heterocycles. The zero-order chi connectivity index (χ0) is 13.1. The lowest BCUT2D eigenvalue weighted by atomic mass is 9.86. The third-order valence-electron chi connectivity index (χ3n) is 3.60. The van der Waals surface area contributed by atoms with Gasteiger partial charge in [-0.25, -0.2) is 0 Å². The van der Waals surface area contributed by atoms with Crippen LogP contribution in [0.2, 0.25) is 5.02 Å². The van der Waals surface area contributed by atoms with Gasteiger partial charge in [0.05, 0.1) is 11.1 Å². The summed E-state index contributed by atoms with van der Waals surface area (Å²) < 4.78 is 0. The van der Waals surface area contributed by atoms with Crippen molar-refractivity contribution in [3.63, 3.8) is 0 Å². The fourth-order valence-electron chi connectivity index (χ4n) is 2.53. The molecule has 0 bridgehead atoms. The highest BCUT2D eigenvalue weighted by atomic mass is 35.5. The van der Waals surface area contributed by atoms with Crippen LogP contribution in [0.4, 0.5) is 0 Å². The Kier molecular flexibility index (Phi) is 4.30. The number of hydrogen-bond donors (Lipinski definition) is 2. The summed E-state index contributed by atoms with van der Waals surface area (Å²) in [6.07, 6.45) is 5.38. The van der Waals surface area contributed by atoms with Crippen LogP contribution >= 0.6 is 11.6 Å². The second-order valence-electron chi connectivity index (χ2n) is 5.03. The van der Waals surface area contributed by atoms with Crippen molar-refractivity contribution in [2.24, 2.45) is 5.92 Å². The van der Waals surface area contributed by atoms with Crippen molar-refractivity contribution in [1.29, 1.82) is 0 Å². The first-order valence-corrected chi connectivity index (χ1v) is 6.73. The summed E-state index contributed by atoms with van der Waals surface area (Å²) in [6, 6.07) is 1.62. The Balaban J connectivity index is 1.94. The van der Waals surface area contributed by atoms with Crippen molar-refractivity contribution in [2.45, 2.75) is 31.8 Å². The monoisotopic (exact) mass is 270 g/mol. The molecule has 0 aromatic carbocycles. The van der Waals surface area contributed by atoms with Gasteiger partial charge in [-0.05, 0) is 18.9 Å². The van der Waals surface area contributed by atoms with E-state index in [1.807, 2.05) is 0 Å². The number of hydrogen-bond acceptors (Lipinski definition) is 2. The average Bonchev–Trinajstić information content (AvgIpc) is 2.78. The average molecular weight is 271 g/mol. The molecule has 18 heavy (non-hydrogen) atoms. The molecule has 4 nitrogen and oxygen atoms in total. The fraction of sp³-hybridized carbons (Fsp3) is 0.615. The van der Waals surface area contributed by atoms with Gasteiger partial charge in [0, 0.05) is 25.7 Å². The number of H-pyrrole nitrogens is 1. The summed E-state index contributed by atoms with van der Waals surface area (Å²) in [5.41, 5.74) is 0.493. The van der Waals surface area contributed by atoms with Crippen molar-refractivity contribution in [3.8, 4) is 0 Å². The Labute approximate surface area is 112 Å². The third-order valence-corrected chi connectivity index (χ3v) is 3.82. The maximum atomic E-state index is 12.1. The molecule has 5 heteroatoms. The number of aliphatic hydroxyl groups excluding tert-OH is 1. The Morgan fingerprint density at radius 1 is 1.56 bits per heavy atom. The number of nitrogens with zero attached hydrogens (tertiary/aromatic N) is 1. The number of rotatable bonds is 3. The predicted octanol–water partition coefficient (Wildman–Crippen LogP) is 2.29. The molecule has 1 aromatic rings. The van der Waals surface area contributed by atoms with Crippen molar-refractivity contribution in [2.75, 3.05) is 13.6 Å². The Hall–Kier alpha value is -1.00. The molecule has 1 saturated carbocycles. The van der Waals surface area contributed by atoms with Crippen LogP contribution in [0, 0.1) is 5.92 Å². The van der Waals surface area contributed by atoms with Gasteiger partial charge in [-0.3, -0.25) is 4.79 Å². The van der Waals surface area contributed by atoms with Gasteiger partial charge >= 0.3 is 0 Å². The smallest absolute Gasteiger partial charge is 0.270 e. The summed E-state index contributed by atoms with van der Waals surface area (Å²) >= 11 is 5.78. The van der Waals surface area contributed by atoms with Crippen LogP contribution in [0.1, 0.15) is 36.2 Å². The van der Waals surface area contributed by atoms with Crippen LogP contribution < -0.4 is 0 Å². The SMILES string of the molecule is CN(CC1CCCCC1O)C(=O)c1cc(Cl)c[nH]1. The summed E-state index contributed by atoms with van der Waals surface area (Å²) in [7, 11) is 1.76. The Morgan fingerprint density at radius 2 is 2.28 bits per heavy atom. The maximum Gasteiger partial charge on any atom is 0.270 e. The highest BCUT2D eigenvalue weighted by Gasteiger charge is 2.26. The van der Waals surface area contributed by atoms with Crippen LogP contribution in [0.3, 0.4) is 0 Å². The van der Waals surface area contributed by atoms with E-state index in [0.29, 0.717) is 17.3 Å². The second-order valence-corrected chi connectivity index (χ2v) is 5.47. The number of carbonyl (C=O) groups excluding carboxylic acids is 1. The molecule has 100 valence electrons. The van der Waals surface area contributed by atoms with E-state index >= 15 is 0 Å². The number of aliphatic hydroxyl groups is 1. The second kappa shape index (κ2) is 5.76. The minimum Gasteiger partial charge on any atom is -0.393 e. The lowest BCUT2D eigenvalue weighted by molar-refractivity contribution is 0.0449. The molecule has 1 heterocycles. The van der Waals surface area contributed by atoms with Gasteiger partial charge < -0.3 is 15.0 Å². The first kappa shape index (κ1) is 13.4. The number of carbonyl (C=O) groups is 1. The van der Waals surface area contributed by atoms with Crippen molar-refractivity contribution in [1.82, 2.24) is 9.88 Å². The van der Waals surface area contributed by atoms with Gasteiger partial charge in [-0.1, -0.05) is 24.4 Å². The zero-order valence-electron chi connectivity index (χ0n) is 10.5. The van der Waals surface area contributed by atoms with E-state index in [9.17, 15) is 9.90 Å². The van der Waals surface area contributed by atoms with E-state index in [4.69, 9.17) is 11.6 Å². The van der Waals surface area contributed by atoms with E-state index in [0.717, 1.165) is 25.7 Å². The van der Waals surface area contributed by atoms with E-state index in [2.05, 4.69) is 4.98 Å². The molecular weight excluding hydrogens is 252 g/mol. The number of halogens is 1. The minimum atomic E-state index is -0.277. The first-order chi connectivity index (χ1) is 8.58. The minimum absolute atomic E-state index is 0.0836. The third kappa shape index (κ3) is 3.06. The summed E-state index contributed by atoms with van der Waals surface area (Å²) in [5.74, 6) is 0.109. The standard InChI is InChI=1S/C13H19ClN2O2/c1-16(8-9-4-2-3-5-12(9)17)13(18)11-6-10(14)7-15-11/h6-7,9,12,15,17H,2-5,8H2,1H3. The van der Waals surface area contributed by atoms with Crippen LogP contribution in [-0.4, -0.2) is 40.6 Å². The molecule has 2 N–H and O–H groups in total. The highest BCUT2D eigenvalue weighted by molar-refractivity contribution is 6.30. The van der Waals surface area contributed by atoms with Crippen molar-refractivity contribution in [3.05, 3.63) is 23.0 Å². The Morgan fingerprint density at radius 3 is 2.89 bits per heavy atom. The number of nitrogens with one attached hydrogen (secondary N) is 1. The van der Waals surface area contributed by atoms with E-state index in [-0.39, 0.29) is 17.9 Å². The predicted molar refractivity (Wildman–Crippen MR) is 70.7 cm³/mol. The maximum absolute atomic E-state index is 12.1. The zero-order valence-corrected chi connectivity index (χ0v) is 11.3. The molecule has 1 aliphatic carbocycles. The van der Waals surface area contributed by atoms with Gasteiger partial charge in [0.2, 0.25) is 0 Å². The first-order valence-electron chi connectivity index (χ1n) is 6.35. The molecule has 0 radical (unpaired) electrons. The van der Waals surface area contributed by atoms with Crippen LogP contribution in [0.25, 0.3) is 0 Å². The van der Waals surface area contributed by atoms with E-state index < -0.39 is 0 Å². The summed E-state index contributed by atoms with van der Waals surface area (Å²) in [5, 5.41) is 10.4. The molecule has 2 rings (SSSR count). The highest BCUT2D eigenvalue weighted by Crippen LogP contribution is 2.25. The van der Waals surface area contributed by atoms with Gasteiger partial charge in [-0.15, -0.1) is 0 Å². The van der Waals surface area contributed by atoms with E-state index in [1.165, 1.54) is 0 Å². The van der Waals surface area contributed by atoms with Gasteiger partial charge in [0.25, 0.3) is 5.91 Å². The van der Waals surface area contributed by atoms with Crippen LogP contribution in [0.15, 0.2) is 12.3 Å². The lowest BCUT2D eigenvalue weighted by Gasteiger charge is -2.31. The van der Waals surface area contributed by atoms with Crippen molar-refractivity contribution >= 4 is 17.5 Å². The van der Waals surface area contributed by atoms with Crippen LogP contribution in [-0.2, 0) is 0 Å². The molecule has 1 aromatic heterocycles. The topological polar surface area (TPSA) is 56.3 Å². The molecule has 0 spiro atoms. The molecule has 1 amide bonds. The van der Waals surface area contributed by atoms with Gasteiger partial charge in [-0.2, -0.15) is 0 Å². The van der Waals surface area contributed by atoms with Crippen molar-refractivity contribution < 1.29 is 9.90 Å². The fourth-order valence-corrected chi connectivity index (χ4v) is 2.70. The molecule has 2 atom stereocenters. The lowest BCUT2D eigenvalue weighted by Crippen LogP contribution is -2.38. The number of aromatic amines is 1. The van der Waals surface area contributed by atoms with E-state index in [1.54, 1.807) is 24.2 Å². The normalized spacial score (nSPS) is 23.9. The summed E-state index contributed by atoms with van der Waals surface area (Å²) in [6.45, 7) is 0.594. The molecule has 0 aliphatic heterocycles. The van der Waals surface area contributed by atoms with Gasteiger partial charge in [0.15, 0.2) is 0 Å². The molecule has 1 fully saturated rings. The molecule has 2 unspecified atom stereocenters. The molecule has 1 aliphatic rings. The Bertz CT molecular complexity index is 419. The largest absolute Gasteiger partial charge is 0.393 e. The number of aromatic nitrogens is 1. The molecular formula is C13H19ClN2O2. The van der Waals surface area contributed by atoms with Crippen LogP contribution in [0.5, 0.6) is 0 Å². The summed E-state index contributed by atoms with van der Waals surface area (Å²) in [4.78, 5) is 16.6. The quantitative estimate of drug-likeness (QED) is 0.885. The number of amides is 1.